The predicted molar refractivity (Wildman–Crippen MR) is 146 cm³/mol. The minimum atomic E-state index is -5.22. The van der Waals surface area contributed by atoms with Crippen LogP contribution in [0.1, 0.15) is 16.7 Å². The molecule has 1 aliphatic heterocycles. The number of hydrogen-bond acceptors (Lipinski definition) is 10. The molecule has 0 amide bonds. The van der Waals surface area contributed by atoms with Gasteiger partial charge in [-0.2, -0.15) is 28.4 Å². The molecule has 43 heavy (non-hydrogen) atoms. The van der Waals surface area contributed by atoms with Crippen molar-refractivity contribution in [1.82, 2.24) is 15.0 Å². The van der Waals surface area contributed by atoms with Gasteiger partial charge in [-0.05, 0) is 17.7 Å². The van der Waals surface area contributed by atoms with Gasteiger partial charge in [0.05, 0.1) is 35.5 Å². The van der Waals surface area contributed by atoms with Crippen LogP contribution < -0.4 is 25.8 Å². The SMILES string of the molecule is COc1nc2c3c(c(C(F)(F)F)c(-c4ccc(F)c5sc(N)c(C#N)c45)c(F)c3n1)OCCN2Cc1cc(F)cnc1N. The van der Waals surface area contributed by atoms with Gasteiger partial charge in [0, 0.05) is 23.1 Å². The number of nitrogens with two attached hydrogens (primary N) is 2. The molecule has 4 N–H and O–H groups in total. The third-order valence-corrected chi connectivity index (χ3v) is 7.93. The Balaban J connectivity index is 1.73. The number of rotatable bonds is 4. The zero-order valence-corrected chi connectivity index (χ0v) is 22.6. The van der Waals surface area contributed by atoms with Gasteiger partial charge in [0.15, 0.2) is 5.82 Å². The zero-order valence-electron chi connectivity index (χ0n) is 21.8. The molecular formula is C27H17F6N7O2S. The van der Waals surface area contributed by atoms with Crippen molar-refractivity contribution in [2.24, 2.45) is 0 Å². The summed E-state index contributed by atoms with van der Waals surface area (Å²) >= 11 is 0.649. The van der Waals surface area contributed by atoms with E-state index >= 15 is 4.39 Å². The van der Waals surface area contributed by atoms with Gasteiger partial charge < -0.3 is 25.8 Å². The van der Waals surface area contributed by atoms with Crippen LogP contribution in [0.2, 0.25) is 0 Å². The fourth-order valence-electron chi connectivity index (χ4n) is 5.10. The number of fused-ring (bicyclic) bond motifs is 1. The Hall–Kier alpha value is -5.04. The number of ether oxygens (including phenoxy) is 2. The molecule has 0 saturated carbocycles. The highest BCUT2D eigenvalue weighted by molar-refractivity contribution is 7.23. The number of nitriles is 1. The number of thiophene rings is 1. The highest BCUT2D eigenvalue weighted by Crippen LogP contribution is 2.53. The quantitative estimate of drug-likeness (QED) is 0.240. The lowest BCUT2D eigenvalue weighted by Crippen LogP contribution is -2.28. The molecule has 0 bridgehead atoms. The van der Waals surface area contributed by atoms with E-state index in [1.165, 1.54) is 12.0 Å². The molecule has 0 unspecified atom stereocenters. The standard InChI is InChI=1S/C27H17F6N7O2S/c1-41-26-38-20-17-21(42-5-4-40(25(17)39-26)9-10-6-11(28)8-37-23(10)35)18(27(31,32)33)16(19(20)30)12-2-3-14(29)22-15(12)13(7-34)24(36)43-22/h2-3,6,8H,4-5,9,36H2,1H3,(H2,35,37). The Labute approximate surface area is 241 Å². The summed E-state index contributed by atoms with van der Waals surface area (Å²) in [6.07, 6.45) is -4.32. The second-order valence-corrected chi connectivity index (χ2v) is 10.4. The van der Waals surface area contributed by atoms with Crippen LogP contribution in [0.3, 0.4) is 0 Å². The van der Waals surface area contributed by atoms with Crippen molar-refractivity contribution in [3.8, 4) is 29.0 Å². The molecule has 0 atom stereocenters. The molecule has 0 radical (unpaired) electrons. The van der Waals surface area contributed by atoms with Crippen LogP contribution >= 0.6 is 11.3 Å². The Bertz CT molecular complexity index is 2010. The smallest absolute Gasteiger partial charge is 0.420 e. The molecule has 6 rings (SSSR count). The largest absolute Gasteiger partial charge is 0.490 e. The summed E-state index contributed by atoms with van der Waals surface area (Å²) in [7, 11) is 1.18. The normalized spacial score (nSPS) is 13.2. The van der Waals surface area contributed by atoms with Crippen molar-refractivity contribution in [2.45, 2.75) is 12.7 Å². The van der Waals surface area contributed by atoms with E-state index in [0.29, 0.717) is 11.3 Å². The van der Waals surface area contributed by atoms with Crippen LogP contribution in [0.15, 0.2) is 24.4 Å². The Morgan fingerprint density at radius 1 is 1.16 bits per heavy atom. The average Bonchev–Trinajstić information content (AvgIpc) is 3.21. The van der Waals surface area contributed by atoms with Gasteiger partial charge in [0.1, 0.15) is 57.8 Å². The maximum absolute atomic E-state index is 16.7. The number of alkyl halides is 3. The molecule has 9 nitrogen and oxygen atoms in total. The predicted octanol–water partition coefficient (Wildman–Crippen LogP) is 5.79. The second-order valence-electron chi connectivity index (χ2n) is 9.37. The van der Waals surface area contributed by atoms with Gasteiger partial charge in [-0.25, -0.2) is 18.2 Å². The van der Waals surface area contributed by atoms with Gasteiger partial charge in [0.2, 0.25) is 0 Å². The number of methoxy groups -OCH3 is 1. The molecular weight excluding hydrogens is 600 g/mol. The van der Waals surface area contributed by atoms with Crippen LogP contribution in [-0.2, 0) is 12.7 Å². The number of anilines is 3. The molecule has 2 aromatic carbocycles. The molecule has 3 aromatic heterocycles. The lowest BCUT2D eigenvalue weighted by Gasteiger charge is -2.24. The Morgan fingerprint density at radius 3 is 2.63 bits per heavy atom. The first-order valence-corrected chi connectivity index (χ1v) is 13.1. The highest BCUT2D eigenvalue weighted by Gasteiger charge is 2.43. The summed E-state index contributed by atoms with van der Waals surface area (Å²) in [6, 6.07) is 4.30. The molecule has 0 saturated heterocycles. The molecule has 220 valence electrons. The summed E-state index contributed by atoms with van der Waals surface area (Å²) in [4.78, 5) is 13.4. The summed E-state index contributed by atoms with van der Waals surface area (Å²) in [5.74, 6) is -4.03. The van der Waals surface area contributed by atoms with E-state index in [9.17, 15) is 27.2 Å². The first-order valence-electron chi connectivity index (χ1n) is 12.3. The van der Waals surface area contributed by atoms with E-state index in [-0.39, 0.29) is 57.5 Å². The van der Waals surface area contributed by atoms with Crippen molar-refractivity contribution in [3.05, 3.63) is 58.5 Å². The minimum absolute atomic E-state index is 0.0368. The van der Waals surface area contributed by atoms with Crippen LogP contribution in [-0.4, -0.2) is 35.2 Å². The maximum atomic E-state index is 16.7. The van der Waals surface area contributed by atoms with E-state index in [2.05, 4.69) is 15.0 Å². The lowest BCUT2D eigenvalue weighted by atomic mass is 9.91. The van der Waals surface area contributed by atoms with Crippen molar-refractivity contribution >= 4 is 49.0 Å². The van der Waals surface area contributed by atoms with E-state index in [1.807, 2.05) is 0 Å². The molecule has 0 fully saturated rings. The van der Waals surface area contributed by atoms with Crippen LogP contribution in [0.25, 0.3) is 32.1 Å². The number of benzene rings is 2. The van der Waals surface area contributed by atoms with E-state index in [4.69, 9.17) is 20.9 Å². The summed E-state index contributed by atoms with van der Waals surface area (Å²) in [5.41, 5.74) is 8.09. The maximum Gasteiger partial charge on any atom is 0.420 e. The van der Waals surface area contributed by atoms with Crippen molar-refractivity contribution in [2.75, 3.05) is 36.6 Å². The van der Waals surface area contributed by atoms with Gasteiger partial charge >= 0.3 is 12.2 Å². The highest BCUT2D eigenvalue weighted by atomic mass is 32.1. The van der Waals surface area contributed by atoms with Crippen LogP contribution in [0.5, 0.6) is 11.8 Å². The first kappa shape index (κ1) is 28.1. The van der Waals surface area contributed by atoms with Crippen molar-refractivity contribution in [1.29, 1.82) is 5.26 Å². The fraction of sp³-hybridized carbons (Fsp3) is 0.185. The number of hydrogen-bond donors (Lipinski definition) is 2. The Morgan fingerprint density at radius 2 is 1.93 bits per heavy atom. The van der Waals surface area contributed by atoms with Gasteiger partial charge in [0.25, 0.3) is 0 Å². The molecule has 0 spiro atoms. The second kappa shape index (κ2) is 10.1. The summed E-state index contributed by atoms with van der Waals surface area (Å²) in [6.45, 7) is -0.621. The van der Waals surface area contributed by atoms with Crippen molar-refractivity contribution < 1.29 is 35.8 Å². The first-order chi connectivity index (χ1) is 20.4. The number of aromatic nitrogens is 3. The zero-order chi connectivity index (χ0) is 30.8. The monoisotopic (exact) mass is 617 g/mol. The Kier molecular flexibility index (Phi) is 6.57. The van der Waals surface area contributed by atoms with Gasteiger partial charge in [-0.3, -0.25) is 0 Å². The van der Waals surface area contributed by atoms with E-state index in [0.717, 1.165) is 24.4 Å². The molecule has 4 heterocycles. The van der Waals surface area contributed by atoms with Gasteiger partial charge in [-0.15, -0.1) is 11.3 Å². The van der Waals surface area contributed by atoms with Crippen molar-refractivity contribution in [3.63, 3.8) is 0 Å². The summed E-state index contributed by atoms with van der Waals surface area (Å²) < 4.78 is 101. The van der Waals surface area contributed by atoms with Crippen LogP contribution in [0.4, 0.5) is 43.0 Å². The number of nitrogen functional groups attached to an aromatic ring is 2. The average molecular weight is 618 g/mol. The van der Waals surface area contributed by atoms with Crippen LogP contribution in [0, 0.1) is 28.8 Å². The van der Waals surface area contributed by atoms with Gasteiger partial charge in [-0.1, -0.05) is 6.07 Å². The number of halogens is 6. The molecule has 16 heteroatoms. The fourth-order valence-corrected chi connectivity index (χ4v) is 6.05. The molecule has 0 aliphatic carbocycles. The third kappa shape index (κ3) is 4.43. The number of pyridine rings is 1. The lowest BCUT2D eigenvalue weighted by molar-refractivity contribution is -0.138. The third-order valence-electron chi connectivity index (χ3n) is 6.90. The number of nitrogens with zero attached hydrogens (tertiary/aromatic N) is 5. The minimum Gasteiger partial charge on any atom is -0.490 e. The topological polar surface area (TPSA) is 136 Å². The van der Waals surface area contributed by atoms with E-state index < -0.39 is 63.0 Å². The molecule has 5 aromatic rings. The van der Waals surface area contributed by atoms with E-state index in [1.54, 1.807) is 6.07 Å². The molecule has 1 aliphatic rings. The summed E-state index contributed by atoms with van der Waals surface area (Å²) in [5, 5.41) is 8.84.